The minimum Gasteiger partial charge on any atom is -0.392 e. The normalized spacial score (nSPS) is 17.2. The lowest BCUT2D eigenvalue weighted by atomic mass is 9.91. The van der Waals surface area contributed by atoms with Gasteiger partial charge in [0.15, 0.2) is 5.65 Å². The topological polar surface area (TPSA) is 96.4 Å². The van der Waals surface area contributed by atoms with Crippen LogP contribution in [0, 0.1) is 0 Å². The summed E-state index contributed by atoms with van der Waals surface area (Å²) in [6.45, 7) is 2.62. The molecule has 0 aliphatic carbocycles. The van der Waals surface area contributed by atoms with Gasteiger partial charge in [0.25, 0.3) is 5.56 Å². The fraction of sp³-hybridized carbons (Fsp3) is 0.450. The summed E-state index contributed by atoms with van der Waals surface area (Å²) in [6.07, 6.45) is 4.22. The number of benzene rings is 1. The Balaban J connectivity index is 1.40. The zero-order valence-electron chi connectivity index (χ0n) is 16.0. The molecule has 0 spiro atoms. The van der Waals surface area contributed by atoms with Gasteiger partial charge in [-0.05, 0) is 24.0 Å². The summed E-state index contributed by atoms with van der Waals surface area (Å²) in [5, 5.41) is 24.7. The summed E-state index contributed by atoms with van der Waals surface area (Å²) in [5.41, 5.74) is 1.55. The Bertz CT molecular complexity index is 1020. The van der Waals surface area contributed by atoms with Gasteiger partial charge in [0.1, 0.15) is 11.7 Å². The molecule has 28 heavy (non-hydrogen) atoms. The van der Waals surface area contributed by atoms with Crippen LogP contribution in [0.25, 0.3) is 11.0 Å². The van der Waals surface area contributed by atoms with Crippen molar-refractivity contribution < 1.29 is 10.2 Å². The number of aromatic nitrogens is 4. The zero-order valence-corrected chi connectivity index (χ0v) is 16.0. The van der Waals surface area contributed by atoms with Gasteiger partial charge in [-0.1, -0.05) is 24.3 Å². The molecule has 0 atom stereocenters. The molecule has 0 unspecified atom stereocenters. The maximum atomic E-state index is 12.6. The molecule has 1 fully saturated rings. The number of fused-ring (bicyclic) bond motifs is 1. The third-order valence-corrected chi connectivity index (χ3v) is 5.58. The molecule has 1 aliphatic heterocycles. The third-order valence-electron chi connectivity index (χ3n) is 5.58. The fourth-order valence-corrected chi connectivity index (χ4v) is 3.79. The quantitative estimate of drug-likeness (QED) is 0.672. The molecule has 1 saturated heterocycles. The molecule has 0 saturated carbocycles. The first-order valence-corrected chi connectivity index (χ1v) is 9.48. The Morgan fingerprint density at radius 3 is 2.50 bits per heavy atom. The number of aliphatic hydroxyl groups excluding tert-OH is 1. The molecule has 3 heterocycles. The zero-order chi connectivity index (χ0) is 19.7. The third kappa shape index (κ3) is 3.71. The van der Waals surface area contributed by atoms with Gasteiger partial charge < -0.3 is 10.2 Å². The standard InChI is InChI=1S/C20H25N5O3/c1-23-18-17(10-22-23)19(27)25(14-21-18)13-20(28)6-8-24(9-7-20)11-15-2-4-16(12-26)5-3-15/h2-5,10,14,26,28H,6-9,11-13H2,1H3. The molecule has 8 nitrogen and oxygen atoms in total. The second-order valence-electron chi connectivity index (χ2n) is 7.66. The minimum atomic E-state index is -0.918. The van der Waals surface area contributed by atoms with E-state index >= 15 is 0 Å². The van der Waals surface area contributed by atoms with E-state index in [1.165, 1.54) is 22.7 Å². The molecule has 1 aliphatic rings. The van der Waals surface area contributed by atoms with Crippen molar-refractivity contribution >= 4 is 11.0 Å². The molecule has 148 valence electrons. The number of aliphatic hydroxyl groups is 2. The fourth-order valence-electron chi connectivity index (χ4n) is 3.79. The van der Waals surface area contributed by atoms with Crippen LogP contribution in [0.2, 0.25) is 0 Å². The second-order valence-corrected chi connectivity index (χ2v) is 7.66. The van der Waals surface area contributed by atoms with Gasteiger partial charge >= 0.3 is 0 Å². The van der Waals surface area contributed by atoms with E-state index in [1.54, 1.807) is 11.7 Å². The van der Waals surface area contributed by atoms with Crippen LogP contribution in [0.4, 0.5) is 0 Å². The molecular weight excluding hydrogens is 358 g/mol. The van der Waals surface area contributed by atoms with Gasteiger partial charge in [-0.15, -0.1) is 0 Å². The first-order valence-electron chi connectivity index (χ1n) is 9.48. The molecule has 0 bridgehead atoms. The molecule has 3 aromatic rings. The highest BCUT2D eigenvalue weighted by Crippen LogP contribution is 2.25. The van der Waals surface area contributed by atoms with E-state index in [1.807, 2.05) is 24.3 Å². The van der Waals surface area contributed by atoms with Gasteiger partial charge in [-0.2, -0.15) is 5.10 Å². The van der Waals surface area contributed by atoms with Crippen molar-refractivity contribution in [3.63, 3.8) is 0 Å². The Morgan fingerprint density at radius 2 is 1.82 bits per heavy atom. The van der Waals surface area contributed by atoms with Crippen molar-refractivity contribution in [2.24, 2.45) is 7.05 Å². The molecular formula is C20H25N5O3. The summed E-state index contributed by atoms with van der Waals surface area (Å²) in [7, 11) is 1.75. The van der Waals surface area contributed by atoms with Crippen LogP contribution in [0.1, 0.15) is 24.0 Å². The van der Waals surface area contributed by atoms with Crippen molar-refractivity contribution in [2.75, 3.05) is 13.1 Å². The Hall–Kier alpha value is -2.55. The van der Waals surface area contributed by atoms with Crippen molar-refractivity contribution in [1.82, 2.24) is 24.2 Å². The van der Waals surface area contributed by atoms with Crippen LogP contribution >= 0.6 is 0 Å². The lowest BCUT2D eigenvalue weighted by Crippen LogP contribution is -2.47. The molecule has 1 aromatic carbocycles. The minimum absolute atomic E-state index is 0.0517. The highest BCUT2D eigenvalue weighted by molar-refractivity contribution is 5.72. The average molecular weight is 383 g/mol. The van der Waals surface area contributed by atoms with Crippen LogP contribution < -0.4 is 5.56 Å². The van der Waals surface area contributed by atoms with E-state index in [0.717, 1.165) is 25.2 Å². The Kier molecular flexibility index (Phi) is 5.01. The lowest BCUT2D eigenvalue weighted by molar-refractivity contribution is -0.0364. The van der Waals surface area contributed by atoms with Crippen LogP contribution in [0.15, 0.2) is 41.6 Å². The van der Waals surface area contributed by atoms with Gasteiger partial charge in [0, 0.05) is 26.7 Å². The van der Waals surface area contributed by atoms with E-state index in [4.69, 9.17) is 5.11 Å². The second kappa shape index (κ2) is 7.46. The summed E-state index contributed by atoms with van der Waals surface area (Å²) in [4.78, 5) is 19.3. The van der Waals surface area contributed by atoms with Gasteiger partial charge in [-0.3, -0.25) is 18.9 Å². The molecule has 2 N–H and O–H groups in total. The first-order chi connectivity index (χ1) is 13.5. The van der Waals surface area contributed by atoms with E-state index in [9.17, 15) is 9.90 Å². The number of hydrogen-bond acceptors (Lipinski definition) is 6. The van der Waals surface area contributed by atoms with Crippen LogP contribution in [-0.2, 0) is 26.7 Å². The predicted octanol–water partition coefficient (Wildman–Crippen LogP) is 0.649. The SMILES string of the molecule is Cn1ncc2c(=O)n(CC3(O)CCN(Cc4ccc(CO)cc4)CC3)cnc21. The van der Waals surface area contributed by atoms with Gasteiger partial charge in [-0.25, -0.2) is 4.98 Å². The number of nitrogens with zero attached hydrogens (tertiary/aromatic N) is 5. The monoisotopic (exact) mass is 383 g/mol. The number of piperidine rings is 1. The van der Waals surface area contributed by atoms with Crippen molar-refractivity contribution in [3.05, 3.63) is 58.3 Å². The van der Waals surface area contributed by atoms with Crippen molar-refractivity contribution in [1.29, 1.82) is 0 Å². The maximum absolute atomic E-state index is 12.6. The van der Waals surface area contributed by atoms with Gasteiger partial charge in [0.2, 0.25) is 0 Å². The molecule has 4 rings (SSSR count). The number of likely N-dealkylation sites (tertiary alicyclic amines) is 1. The predicted molar refractivity (Wildman–Crippen MR) is 105 cm³/mol. The molecule has 2 aromatic heterocycles. The highest BCUT2D eigenvalue weighted by atomic mass is 16.3. The smallest absolute Gasteiger partial charge is 0.264 e. The van der Waals surface area contributed by atoms with Gasteiger partial charge in [0.05, 0.1) is 24.9 Å². The number of aryl methyl sites for hydroxylation is 1. The van der Waals surface area contributed by atoms with Crippen molar-refractivity contribution in [3.8, 4) is 0 Å². The Morgan fingerprint density at radius 1 is 1.14 bits per heavy atom. The molecule has 8 heteroatoms. The van der Waals surface area contributed by atoms with Crippen LogP contribution in [-0.4, -0.2) is 53.1 Å². The van der Waals surface area contributed by atoms with E-state index in [2.05, 4.69) is 15.0 Å². The highest BCUT2D eigenvalue weighted by Gasteiger charge is 2.33. The van der Waals surface area contributed by atoms with Crippen molar-refractivity contribution in [2.45, 2.75) is 38.1 Å². The van der Waals surface area contributed by atoms with Crippen LogP contribution in [0.5, 0.6) is 0 Å². The largest absolute Gasteiger partial charge is 0.392 e. The van der Waals surface area contributed by atoms with E-state index in [-0.39, 0.29) is 18.7 Å². The molecule has 0 radical (unpaired) electrons. The van der Waals surface area contributed by atoms with E-state index < -0.39 is 5.60 Å². The first kappa shape index (κ1) is 18.8. The molecule has 0 amide bonds. The lowest BCUT2D eigenvalue weighted by Gasteiger charge is -2.38. The van der Waals surface area contributed by atoms with Crippen LogP contribution in [0.3, 0.4) is 0 Å². The maximum Gasteiger partial charge on any atom is 0.264 e. The summed E-state index contributed by atoms with van der Waals surface area (Å²) in [6, 6.07) is 7.93. The Labute approximate surface area is 162 Å². The number of hydrogen-bond donors (Lipinski definition) is 2. The summed E-state index contributed by atoms with van der Waals surface area (Å²) < 4.78 is 3.06. The summed E-state index contributed by atoms with van der Waals surface area (Å²) in [5.74, 6) is 0. The number of rotatable bonds is 5. The average Bonchev–Trinajstić information content (AvgIpc) is 3.08. The van der Waals surface area contributed by atoms with E-state index in [0.29, 0.717) is 23.9 Å². The summed E-state index contributed by atoms with van der Waals surface area (Å²) >= 11 is 0.